The Balaban J connectivity index is 1.67. The Labute approximate surface area is 157 Å². The number of para-hydroxylation sites is 1. The minimum atomic E-state index is -0.726. The van der Waals surface area contributed by atoms with Gasteiger partial charge in [-0.2, -0.15) is 0 Å². The smallest absolute Gasteiger partial charge is 0.239 e. The largest absolute Gasteiger partial charge is 0.500 e. The van der Waals surface area contributed by atoms with Crippen LogP contribution in [0.25, 0.3) is 0 Å². The molecular weight excluding hydrogens is 344 g/mol. The molecule has 0 aromatic heterocycles. The fraction of sp³-hybridized carbons (Fsp3) is 0.476. The molecule has 0 radical (unpaired) electrons. The van der Waals surface area contributed by atoms with E-state index in [1.807, 2.05) is 29.2 Å². The van der Waals surface area contributed by atoms with Gasteiger partial charge in [0, 0.05) is 36.2 Å². The van der Waals surface area contributed by atoms with Crippen LogP contribution in [0.5, 0.6) is 0 Å². The molecule has 5 rings (SSSR count). The Hall–Kier alpha value is -2.63. The van der Waals surface area contributed by atoms with E-state index >= 15 is 0 Å². The molecule has 6 nitrogen and oxygen atoms in total. The molecule has 27 heavy (non-hydrogen) atoms. The fourth-order valence-electron chi connectivity index (χ4n) is 6.04. The van der Waals surface area contributed by atoms with E-state index in [-0.39, 0.29) is 35.6 Å². The number of carbonyl (C=O) groups excluding carboxylic acids is 3. The van der Waals surface area contributed by atoms with Gasteiger partial charge in [0.05, 0.1) is 24.3 Å². The Morgan fingerprint density at radius 3 is 2.85 bits per heavy atom. The molecule has 2 fully saturated rings. The zero-order chi connectivity index (χ0) is 18.9. The number of carbonyl (C=O) groups is 3. The molecule has 140 valence electrons. The first-order valence-electron chi connectivity index (χ1n) is 9.43. The van der Waals surface area contributed by atoms with Gasteiger partial charge in [-0.25, -0.2) is 0 Å². The van der Waals surface area contributed by atoms with Crippen LogP contribution >= 0.6 is 0 Å². The first-order valence-corrected chi connectivity index (χ1v) is 9.43. The van der Waals surface area contributed by atoms with Crippen LogP contribution in [0.2, 0.25) is 0 Å². The number of Topliss-reactive ketones (excluding diaryl/α,β-unsaturated/α-hetero) is 1. The Morgan fingerprint density at radius 1 is 1.33 bits per heavy atom. The molecule has 5 atom stereocenters. The summed E-state index contributed by atoms with van der Waals surface area (Å²) in [6.07, 6.45) is 3.68. The topological polar surface area (TPSA) is 66.9 Å². The number of amides is 2. The molecule has 4 aliphatic rings. The average Bonchev–Trinajstić information content (AvgIpc) is 3.05. The minimum absolute atomic E-state index is 0.00738. The normalized spacial score (nSPS) is 36.2. The molecule has 0 N–H and O–H groups in total. The van der Waals surface area contributed by atoms with Crippen molar-refractivity contribution in [1.29, 1.82) is 0 Å². The molecule has 1 aromatic rings. The van der Waals surface area contributed by atoms with Crippen molar-refractivity contribution in [1.82, 2.24) is 4.90 Å². The molecule has 4 heterocycles. The van der Waals surface area contributed by atoms with Crippen LogP contribution in [0, 0.1) is 11.8 Å². The van der Waals surface area contributed by atoms with Crippen LogP contribution in [0.3, 0.4) is 0 Å². The number of rotatable bonds is 2. The predicted molar refractivity (Wildman–Crippen MR) is 97.9 cm³/mol. The lowest BCUT2D eigenvalue weighted by Crippen LogP contribution is -2.55. The van der Waals surface area contributed by atoms with Gasteiger partial charge in [0.1, 0.15) is 0 Å². The van der Waals surface area contributed by atoms with E-state index < -0.39 is 5.41 Å². The van der Waals surface area contributed by atoms with E-state index in [1.165, 1.54) is 0 Å². The molecular formula is C21H22N2O4. The second-order valence-corrected chi connectivity index (χ2v) is 8.16. The molecule has 2 saturated heterocycles. The van der Waals surface area contributed by atoms with Crippen molar-refractivity contribution < 1.29 is 19.1 Å². The number of hydrogen-bond acceptors (Lipinski definition) is 4. The quantitative estimate of drug-likeness (QED) is 0.747. The summed E-state index contributed by atoms with van der Waals surface area (Å²) in [5, 5.41) is 0. The van der Waals surface area contributed by atoms with Gasteiger partial charge in [-0.1, -0.05) is 18.2 Å². The van der Waals surface area contributed by atoms with Gasteiger partial charge in [0.25, 0.3) is 0 Å². The third kappa shape index (κ3) is 1.88. The predicted octanol–water partition coefficient (Wildman–Crippen LogP) is 1.64. The van der Waals surface area contributed by atoms with Crippen molar-refractivity contribution in [3.05, 3.63) is 41.7 Å². The lowest BCUT2D eigenvalue weighted by Gasteiger charge is -2.45. The summed E-state index contributed by atoms with van der Waals surface area (Å²) in [5.74, 6) is 0.136. The summed E-state index contributed by atoms with van der Waals surface area (Å²) in [7, 11) is 1.81. The summed E-state index contributed by atoms with van der Waals surface area (Å²) >= 11 is 0. The lowest BCUT2D eigenvalue weighted by molar-refractivity contribution is -0.129. The van der Waals surface area contributed by atoms with Crippen LogP contribution < -0.4 is 4.90 Å². The monoisotopic (exact) mass is 366 g/mol. The maximum Gasteiger partial charge on any atom is 0.239 e. The molecule has 1 aromatic carbocycles. The van der Waals surface area contributed by atoms with Gasteiger partial charge in [-0.15, -0.1) is 0 Å². The summed E-state index contributed by atoms with van der Waals surface area (Å²) < 4.78 is 5.60. The number of ether oxygens (including phenoxy) is 1. The first kappa shape index (κ1) is 16.5. The maximum absolute atomic E-state index is 13.5. The van der Waals surface area contributed by atoms with Crippen molar-refractivity contribution in [3.63, 3.8) is 0 Å². The van der Waals surface area contributed by atoms with Crippen molar-refractivity contribution in [2.45, 2.75) is 37.3 Å². The van der Waals surface area contributed by atoms with Crippen LogP contribution in [-0.2, 0) is 24.5 Å². The first-order chi connectivity index (χ1) is 13.0. The highest BCUT2D eigenvalue weighted by Crippen LogP contribution is 2.59. The van der Waals surface area contributed by atoms with E-state index in [0.29, 0.717) is 25.0 Å². The minimum Gasteiger partial charge on any atom is -0.500 e. The summed E-state index contributed by atoms with van der Waals surface area (Å²) in [4.78, 5) is 41.2. The third-order valence-corrected chi connectivity index (χ3v) is 7.19. The zero-order valence-corrected chi connectivity index (χ0v) is 15.4. The molecule has 1 spiro atoms. The molecule has 2 bridgehead atoms. The van der Waals surface area contributed by atoms with Gasteiger partial charge in [-0.3, -0.25) is 14.4 Å². The highest BCUT2D eigenvalue weighted by Gasteiger charge is 2.67. The number of piperidine rings is 1. The number of nitrogens with zero attached hydrogens (tertiary/aromatic N) is 2. The number of likely N-dealkylation sites (N-methyl/N-ethyl adjacent to an activating group) is 1. The van der Waals surface area contributed by atoms with E-state index in [1.54, 1.807) is 25.1 Å². The lowest BCUT2D eigenvalue weighted by atomic mass is 9.71. The Kier molecular flexibility index (Phi) is 3.33. The van der Waals surface area contributed by atoms with Crippen molar-refractivity contribution in [3.8, 4) is 0 Å². The summed E-state index contributed by atoms with van der Waals surface area (Å²) in [6.45, 7) is 2.04. The van der Waals surface area contributed by atoms with Gasteiger partial charge >= 0.3 is 0 Å². The third-order valence-electron chi connectivity index (χ3n) is 7.19. The highest BCUT2D eigenvalue weighted by atomic mass is 16.5. The number of benzene rings is 1. The molecule has 0 aliphatic carbocycles. The second-order valence-electron chi connectivity index (χ2n) is 8.16. The van der Waals surface area contributed by atoms with E-state index in [2.05, 4.69) is 0 Å². The SMILES string of the molecule is CC(=O)C1=COC[C@@H]2[C@H]1C[C@@H]1N(C=O)[C@H]2C[C@@]12C(=O)N(C)c1ccccc12. The standard InChI is InChI=1S/C21H22N2O4/c1-12(25)14-9-27-10-15-13(14)7-19-21(8-18(15)23(19)11-24)16-5-3-4-6-17(16)22(2)20(21)26/h3-6,9,11,13,15,18-19H,7-8,10H2,1-2H3/t13-,15+,18-,19-,21-/m0/s1. The van der Waals surface area contributed by atoms with E-state index in [0.717, 1.165) is 17.7 Å². The van der Waals surface area contributed by atoms with Crippen LogP contribution in [0.1, 0.15) is 25.3 Å². The van der Waals surface area contributed by atoms with Crippen LogP contribution in [-0.4, -0.2) is 48.7 Å². The van der Waals surface area contributed by atoms with Gasteiger partial charge in [-0.05, 0) is 31.4 Å². The summed E-state index contributed by atoms with van der Waals surface area (Å²) in [5.41, 5.74) is 1.89. The molecule has 4 aliphatic heterocycles. The summed E-state index contributed by atoms with van der Waals surface area (Å²) in [6, 6.07) is 7.54. The second kappa shape index (κ2) is 5.44. The molecule has 0 unspecified atom stereocenters. The molecule has 2 amide bonds. The van der Waals surface area contributed by atoms with E-state index in [4.69, 9.17) is 4.74 Å². The van der Waals surface area contributed by atoms with Crippen LogP contribution in [0.4, 0.5) is 5.69 Å². The van der Waals surface area contributed by atoms with Gasteiger partial charge in [0.15, 0.2) is 5.78 Å². The number of ketones is 1. The maximum atomic E-state index is 13.5. The number of hydrogen-bond donors (Lipinski definition) is 0. The molecule has 0 saturated carbocycles. The van der Waals surface area contributed by atoms with Crippen molar-refractivity contribution >= 4 is 23.8 Å². The molecule has 6 heteroatoms. The highest BCUT2D eigenvalue weighted by molar-refractivity contribution is 6.09. The Morgan fingerprint density at radius 2 is 2.11 bits per heavy atom. The van der Waals surface area contributed by atoms with Crippen LogP contribution in [0.15, 0.2) is 36.1 Å². The number of allylic oxidation sites excluding steroid dienone is 1. The van der Waals surface area contributed by atoms with Crippen molar-refractivity contribution in [2.75, 3.05) is 18.6 Å². The van der Waals surface area contributed by atoms with Gasteiger partial charge < -0.3 is 14.5 Å². The number of anilines is 1. The van der Waals surface area contributed by atoms with Gasteiger partial charge in [0.2, 0.25) is 12.3 Å². The van der Waals surface area contributed by atoms with Crippen molar-refractivity contribution in [2.24, 2.45) is 11.8 Å². The Bertz CT molecular complexity index is 894. The fourth-order valence-corrected chi connectivity index (χ4v) is 6.04. The zero-order valence-electron chi connectivity index (χ0n) is 15.4. The van der Waals surface area contributed by atoms with E-state index in [9.17, 15) is 14.4 Å². The average molecular weight is 366 g/mol. The number of fused-ring (bicyclic) bond motifs is 7.